The molecule has 0 aliphatic carbocycles. The summed E-state index contributed by atoms with van der Waals surface area (Å²) in [4.78, 5) is 17.2. The molecular weight excluding hydrogens is 380 g/mol. The number of nitrogens with zero attached hydrogens (tertiary/aromatic N) is 4. The van der Waals surface area contributed by atoms with Crippen molar-refractivity contribution < 1.29 is 17.7 Å². The van der Waals surface area contributed by atoms with Crippen LogP contribution >= 0.6 is 0 Å². The Labute approximate surface area is 167 Å². The lowest BCUT2D eigenvalue weighted by atomic mass is 9.91. The number of carbonyl (C=O) groups is 1. The van der Waals surface area contributed by atoms with E-state index in [1.165, 1.54) is 4.31 Å². The Kier molecular flexibility index (Phi) is 6.17. The third-order valence-electron chi connectivity index (χ3n) is 5.92. The minimum absolute atomic E-state index is 0.153. The fourth-order valence-electron chi connectivity index (χ4n) is 4.57. The van der Waals surface area contributed by atoms with Gasteiger partial charge < -0.3 is 9.42 Å². The van der Waals surface area contributed by atoms with Gasteiger partial charge >= 0.3 is 0 Å². The monoisotopic (exact) mass is 412 g/mol. The van der Waals surface area contributed by atoms with E-state index < -0.39 is 10.0 Å². The molecule has 158 valence electrons. The second-order valence-corrected chi connectivity index (χ2v) is 10.3. The van der Waals surface area contributed by atoms with Crippen LogP contribution in [0.4, 0.5) is 0 Å². The summed E-state index contributed by atoms with van der Waals surface area (Å²) in [5.74, 6) is 1.52. The van der Waals surface area contributed by atoms with Gasteiger partial charge in [-0.1, -0.05) is 19.0 Å². The standard InChI is InChI=1S/C19H32N4O4S/c1-13-10-14(2)12-22(11-13)19(24)16(4)21-6-8-23(9-7-21)28(25,26)18-15(3)20-27-17(18)5/h13-14,16H,6-12H2,1-5H3. The third-order valence-corrected chi connectivity index (χ3v) is 8.07. The van der Waals surface area contributed by atoms with Gasteiger partial charge in [-0.15, -0.1) is 0 Å². The van der Waals surface area contributed by atoms with E-state index in [0.29, 0.717) is 49.5 Å². The molecule has 0 N–H and O–H groups in total. The summed E-state index contributed by atoms with van der Waals surface area (Å²) in [6, 6.07) is -0.235. The second-order valence-electron chi connectivity index (χ2n) is 8.46. The van der Waals surface area contributed by atoms with E-state index >= 15 is 0 Å². The summed E-state index contributed by atoms with van der Waals surface area (Å²) in [6.45, 7) is 13.0. The summed E-state index contributed by atoms with van der Waals surface area (Å²) < 4.78 is 32.4. The van der Waals surface area contributed by atoms with E-state index in [4.69, 9.17) is 4.52 Å². The molecule has 2 aliphatic rings. The maximum atomic E-state index is 13.0. The summed E-state index contributed by atoms with van der Waals surface area (Å²) in [6.07, 6.45) is 1.16. The molecule has 1 amide bonds. The Morgan fingerprint density at radius 1 is 1.11 bits per heavy atom. The molecule has 2 saturated heterocycles. The molecule has 2 aliphatic heterocycles. The molecule has 8 nitrogen and oxygen atoms in total. The number of carbonyl (C=O) groups excluding carboxylic acids is 1. The number of rotatable bonds is 4. The van der Waals surface area contributed by atoms with Gasteiger partial charge in [-0.2, -0.15) is 4.31 Å². The Morgan fingerprint density at radius 3 is 2.18 bits per heavy atom. The second kappa shape index (κ2) is 8.12. The van der Waals surface area contributed by atoms with Gasteiger partial charge in [0, 0.05) is 39.3 Å². The van der Waals surface area contributed by atoms with Crippen molar-refractivity contribution in [3.05, 3.63) is 11.5 Å². The van der Waals surface area contributed by atoms with Crippen LogP contribution in [-0.2, 0) is 14.8 Å². The SMILES string of the molecule is Cc1noc(C)c1S(=O)(=O)N1CCN(C(C)C(=O)N2CC(C)CC(C)C2)CC1. The first kappa shape index (κ1) is 21.3. The Bertz CT molecular complexity index is 784. The van der Waals surface area contributed by atoms with Crippen molar-refractivity contribution >= 4 is 15.9 Å². The number of hydrogen-bond donors (Lipinski definition) is 0. The highest BCUT2D eigenvalue weighted by atomic mass is 32.2. The molecule has 0 radical (unpaired) electrons. The van der Waals surface area contributed by atoms with Gasteiger partial charge in [0.05, 0.1) is 6.04 Å². The van der Waals surface area contributed by atoms with E-state index in [2.05, 4.69) is 23.9 Å². The van der Waals surface area contributed by atoms with Crippen LogP contribution in [0.1, 0.15) is 38.6 Å². The molecule has 9 heteroatoms. The number of aromatic nitrogens is 1. The quantitative estimate of drug-likeness (QED) is 0.745. The highest BCUT2D eigenvalue weighted by Crippen LogP contribution is 2.25. The van der Waals surface area contributed by atoms with Gasteiger partial charge in [-0.3, -0.25) is 9.69 Å². The molecule has 0 saturated carbocycles. The van der Waals surface area contributed by atoms with Crippen molar-refractivity contribution in [2.45, 2.75) is 52.0 Å². The Morgan fingerprint density at radius 2 is 1.68 bits per heavy atom. The summed E-state index contributed by atoms with van der Waals surface area (Å²) in [5, 5.41) is 3.77. The van der Waals surface area contributed by atoms with Crippen LogP contribution in [-0.4, -0.2) is 78.9 Å². The number of piperazine rings is 1. The largest absolute Gasteiger partial charge is 0.360 e. The molecule has 3 heterocycles. The lowest BCUT2D eigenvalue weighted by Gasteiger charge is -2.41. The predicted molar refractivity (Wildman–Crippen MR) is 105 cm³/mol. The number of likely N-dealkylation sites (tertiary alicyclic amines) is 1. The minimum atomic E-state index is -3.63. The van der Waals surface area contributed by atoms with Crippen LogP contribution in [0.25, 0.3) is 0 Å². The van der Waals surface area contributed by atoms with Gasteiger partial charge in [0.2, 0.25) is 15.9 Å². The van der Waals surface area contributed by atoms with Crippen molar-refractivity contribution in [2.75, 3.05) is 39.3 Å². The molecule has 3 rings (SSSR count). The van der Waals surface area contributed by atoms with E-state index in [0.717, 1.165) is 19.5 Å². The van der Waals surface area contributed by atoms with E-state index in [-0.39, 0.29) is 16.8 Å². The summed E-state index contributed by atoms with van der Waals surface area (Å²) >= 11 is 0. The van der Waals surface area contributed by atoms with Crippen LogP contribution in [0.5, 0.6) is 0 Å². The van der Waals surface area contributed by atoms with E-state index in [1.54, 1.807) is 13.8 Å². The fourth-order valence-corrected chi connectivity index (χ4v) is 6.28. The van der Waals surface area contributed by atoms with E-state index in [1.807, 2.05) is 11.8 Å². The molecule has 1 aromatic heterocycles. The zero-order valence-electron chi connectivity index (χ0n) is 17.5. The molecule has 0 bridgehead atoms. The average Bonchev–Trinajstić information content (AvgIpc) is 2.98. The van der Waals surface area contributed by atoms with Gasteiger partial charge in [0.25, 0.3) is 0 Å². The van der Waals surface area contributed by atoms with E-state index in [9.17, 15) is 13.2 Å². The predicted octanol–water partition coefficient (Wildman–Crippen LogP) is 1.49. The highest BCUT2D eigenvalue weighted by molar-refractivity contribution is 7.89. The minimum Gasteiger partial charge on any atom is -0.360 e. The number of sulfonamides is 1. The highest BCUT2D eigenvalue weighted by Gasteiger charge is 2.36. The first-order chi connectivity index (χ1) is 13.1. The zero-order chi connectivity index (χ0) is 20.6. The first-order valence-corrected chi connectivity index (χ1v) is 11.5. The zero-order valence-corrected chi connectivity index (χ0v) is 18.3. The smallest absolute Gasteiger partial charge is 0.248 e. The maximum Gasteiger partial charge on any atom is 0.248 e. The van der Waals surface area contributed by atoms with Gasteiger partial charge in [-0.05, 0) is 39.0 Å². The van der Waals surface area contributed by atoms with Crippen molar-refractivity contribution in [3.63, 3.8) is 0 Å². The molecule has 2 fully saturated rings. The number of amides is 1. The molecule has 3 atom stereocenters. The van der Waals surface area contributed by atoms with Crippen LogP contribution in [0.2, 0.25) is 0 Å². The van der Waals surface area contributed by atoms with Gasteiger partial charge in [-0.25, -0.2) is 8.42 Å². The van der Waals surface area contributed by atoms with Crippen molar-refractivity contribution in [1.82, 2.24) is 19.3 Å². The molecule has 0 spiro atoms. The number of aryl methyl sites for hydroxylation is 2. The number of hydrogen-bond acceptors (Lipinski definition) is 6. The third kappa shape index (κ3) is 4.11. The normalized spacial score (nSPS) is 26.4. The molecule has 1 aromatic rings. The van der Waals surface area contributed by atoms with Gasteiger partial charge in [0.1, 0.15) is 10.6 Å². The van der Waals surface area contributed by atoms with Crippen molar-refractivity contribution in [3.8, 4) is 0 Å². The first-order valence-electron chi connectivity index (χ1n) is 10.1. The van der Waals surface area contributed by atoms with Crippen LogP contribution in [0.3, 0.4) is 0 Å². The van der Waals surface area contributed by atoms with Crippen LogP contribution in [0.15, 0.2) is 9.42 Å². The van der Waals surface area contributed by atoms with Crippen molar-refractivity contribution in [1.29, 1.82) is 0 Å². The molecular formula is C19H32N4O4S. The average molecular weight is 413 g/mol. The van der Waals surface area contributed by atoms with Gasteiger partial charge in [0.15, 0.2) is 5.76 Å². The van der Waals surface area contributed by atoms with Crippen LogP contribution < -0.4 is 0 Å². The maximum absolute atomic E-state index is 13.0. The molecule has 3 unspecified atom stereocenters. The Balaban J connectivity index is 1.62. The Hall–Kier alpha value is -1.45. The topological polar surface area (TPSA) is 87.0 Å². The summed E-state index contributed by atoms with van der Waals surface area (Å²) in [5.41, 5.74) is 0.386. The molecule has 0 aromatic carbocycles. The number of piperidine rings is 1. The lowest BCUT2D eigenvalue weighted by molar-refractivity contribution is -0.139. The van der Waals surface area contributed by atoms with Crippen molar-refractivity contribution in [2.24, 2.45) is 11.8 Å². The lowest BCUT2D eigenvalue weighted by Crippen LogP contribution is -2.56. The molecule has 28 heavy (non-hydrogen) atoms. The fraction of sp³-hybridized carbons (Fsp3) is 0.789. The van der Waals surface area contributed by atoms with Crippen LogP contribution in [0, 0.1) is 25.7 Å². The summed E-state index contributed by atoms with van der Waals surface area (Å²) in [7, 11) is -3.63.